The second-order valence-corrected chi connectivity index (χ2v) is 5.75. The summed E-state index contributed by atoms with van der Waals surface area (Å²) in [5.74, 6) is -1.88. The predicted molar refractivity (Wildman–Crippen MR) is 70.8 cm³/mol. The maximum Gasteiger partial charge on any atom is 0.339 e. The van der Waals surface area contributed by atoms with Crippen molar-refractivity contribution in [2.24, 2.45) is 0 Å². The molecule has 2 rings (SSSR count). The van der Waals surface area contributed by atoms with E-state index in [0.717, 1.165) is 12.1 Å². The molecule has 0 atom stereocenters. The number of hydrogen-bond acceptors (Lipinski definition) is 4. The molecule has 1 heterocycles. The zero-order chi connectivity index (χ0) is 14.9. The Morgan fingerprint density at radius 2 is 1.85 bits per heavy atom. The van der Waals surface area contributed by atoms with Gasteiger partial charge in [0.15, 0.2) is 0 Å². The van der Waals surface area contributed by atoms with Gasteiger partial charge in [0.05, 0.1) is 4.90 Å². The van der Waals surface area contributed by atoms with Gasteiger partial charge < -0.3 is 10.2 Å². The molecule has 0 bridgehead atoms. The van der Waals surface area contributed by atoms with Crippen molar-refractivity contribution >= 4 is 16.0 Å². The number of rotatable bonds is 4. The maximum atomic E-state index is 12.2. The maximum absolute atomic E-state index is 12.2. The molecule has 0 aliphatic carbocycles. The largest absolute Gasteiger partial charge is 0.507 e. The van der Waals surface area contributed by atoms with E-state index in [2.05, 4.69) is 4.83 Å². The summed E-state index contributed by atoms with van der Waals surface area (Å²) in [6.45, 7) is 1.47. The Kier molecular flexibility index (Phi) is 3.41. The molecule has 20 heavy (non-hydrogen) atoms. The van der Waals surface area contributed by atoms with Gasteiger partial charge in [0.1, 0.15) is 11.3 Å². The van der Waals surface area contributed by atoms with Gasteiger partial charge in [0.25, 0.3) is 10.0 Å². The predicted octanol–water partition coefficient (Wildman–Crippen LogP) is 1.13. The lowest BCUT2D eigenvalue weighted by Crippen LogP contribution is -2.23. The van der Waals surface area contributed by atoms with E-state index in [4.69, 9.17) is 5.11 Å². The van der Waals surface area contributed by atoms with Crippen LogP contribution in [0.2, 0.25) is 0 Å². The van der Waals surface area contributed by atoms with Crippen LogP contribution in [0.25, 0.3) is 0 Å². The van der Waals surface area contributed by atoms with Crippen LogP contribution in [-0.4, -0.2) is 29.3 Å². The molecule has 7 nitrogen and oxygen atoms in total. The van der Waals surface area contributed by atoms with Crippen molar-refractivity contribution < 1.29 is 23.4 Å². The summed E-state index contributed by atoms with van der Waals surface area (Å²) in [6, 6.07) is 5.30. The molecule has 1 aromatic carbocycles. The molecule has 0 saturated carbocycles. The minimum absolute atomic E-state index is 0.207. The number of phenols is 1. The van der Waals surface area contributed by atoms with Crippen molar-refractivity contribution in [1.82, 2.24) is 4.68 Å². The first-order valence-corrected chi connectivity index (χ1v) is 7.02. The number of carbonyl (C=O) groups is 1. The molecule has 0 spiro atoms. The van der Waals surface area contributed by atoms with Crippen LogP contribution in [0, 0.1) is 6.92 Å². The van der Waals surface area contributed by atoms with Gasteiger partial charge >= 0.3 is 5.97 Å². The van der Waals surface area contributed by atoms with E-state index in [0.29, 0.717) is 0 Å². The molecule has 0 aliphatic rings. The lowest BCUT2D eigenvalue weighted by atomic mass is 10.1. The number of sulfonamides is 1. The van der Waals surface area contributed by atoms with Crippen LogP contribution in [-0.2, 0) is 10.0 Å². The molecular formula is C12H12N2O5S. The average Bonchev–Trinajstić information content (AvgIpc) is 2.79. The zero-order valence-electron chi connectivity index (χ0n) is 10.4. The monoisotopic (exact) mass is 296 g/mol. The van der Waals surface area contributed by atoms with Crippen LogP contribution in [0.1, 0.15) is 15.9 Å². The number of hydrogen-bond donors (Lipinski definition) is 3. The van der Waals surface area contributed by atoms with Crippen molar-refractivity contribution in [3.63, 3.8) is 0 Å². The first-order valence-electron chi connectivity index (χ1n) is 5.54. The van der Waals surface area contributed by atoms with Crippen molar-refractivity contribution in [3.05, 3.63) is 47.8 Å². The van der Waals surface area contributed by atoms with E-state index < -0.39 is 27.3 Å². The summed E-state index contributed by atoms with van der Waals surface area (Å²) >= 11 is 0. The summed E-state index contributed by atoms with van der Waals surface area (Å²) < 4.78 is 25.6. The topological polar surface area (TPSA) is 109 Å². The Morgan fingerprint density at radius 3 is 2.40 bits per heavy atom. The van der Waals surface area contributed by atoms with Crippen molar-refractivity contribution in [2.75, 3.05) is 4.83 Å². The Morgan fingerprint density at radius 1 is 1.25 bits per heavy atom. The number of aromatic hydroxyl groups is 1. The van der Waals surface area contributed by atoms with Crippen LogP contribution < -0.4 is 4.83 Å². The minimum Gasteiger partial charge on any atom is -0.507 e. The van der Waals surface area contributed by atoms with Gasteiger partial charge in [-0.3, -0.25) is 4.68 Å². The molecule has 0 amide bonds. The summed E-state index contributed by atoms with van der Waals surface area (Å²) in [4.78, 5) is 13.0. The molecule has 8 heteroatoms. The first kappa shape index (κ1) is 13.9. The molecule has 0 unspecified atom stereocenters. The highest BCUT2D eigenvalue weighted by Gasteiger charge is 2.21. The number of nitrogens with one attached hydrogen (secondary N) is 1. The van der Waals surface area contributed by atoms with Gasteiger partial charge in [-0.1, -0.05) is 0 Å². The van der Waals surface area contributed by atoms with Crippen molar-refractivity contribution in [3.8, 4) is 5.75 Å². The van der Waals surface area contributed by atoms with Gasteiger partial charge in [-0.15, -0.1) is 0 Å². The van der Waals surface area contributed by atoms with E-state index in [1.165, 1.54) is 24.0 Å². The average molecular weight is 296 g/mol. The molecule has 1 aromatic heterocycles. The lowest BCUT2D eigenvalue weighted by molar-refractivity contribution is 0.0693. The van der Waals surface area contributed by atoms with Crippen LogP contribution >= 0.6 is 0 Å². The Bertz CT molecular complexity index is 750. The minimum atomic E-state index is -3.95. The van der Waals surface area contributed by atoms with E-state index in [-0.39, 0.29) is 10.5 Å². The quantitative estimate of drug-likeness (QED) is 0.783. The standard InChI is InChI=1S/C12H12N2O5S/c1-8-6-10(15)9(12(16)17)7-11(8)20(18,19)13-14-4-2-3-5-14/h2-7,13,15H,1H3,(H,16,17). The van der Waals surface area contributed by atoms with Gasteiger partial charge in [0, 0.05) is 12.4 Å². The van der Waals surface area contributed by atoms with Crippen LogP contribution in [0.5, 0.6) is 5.75 Å². The number of nitrogens with zero attached hydrogens (tertiary/aromatic N) is 1. The fraction of sp³-hybridized carbons (Fsp3) is 0.0833. The van der Waals surface area contributed by atoms with Crippen LogP contribution in [0.4, 0.5) is 0 Å². The molecule has 3 N–H and O–H groups in total. The van der Waals surface area contributed by atoms with Crippen molar-refractivity contribution in [2.45, 2.75) is 11.8 Å². The number of aromatic carboxylic acids is 1. The number of aromatic nitrogens is 1. The fourth-order valence-electron chi connectivity index (χ4n) is 1.72. The van der Waals surface area contributed by atoms with Gasteiger partial charge in [-0.05, 0) is 36.8 Å². The van der Waals surface area contributed by atoms with Gasteiger partial charge in [-0.25, -0.2) is 9.63 Å². The van der Waals surface area contributed by atoms with Crippen LogP contribution in [0.3, 0.4) is 0 Å². The van der Waals surface area contributed by atoms with Crippen LogP contribution in [0.15, 0.2) is 41.6 Å². The lowest BCUT2D eigenvalue weighted by Gasteiger charge is -2.12. The molecule has 0 fully saturated rings. The smallest absolute Gasteiger partial charge is 0.339 e. The number of carboxylic acid groups (broad SMARTS) is 1. The molecule has 106 valence electrons. The highest BCUT2D eigenvalue weighted by atomic mass is 32.2. The molecule has 2 aromatic rings. The van der Waals surface area contributed by atoms with Crippen molar-refractivity contribution in [1.29, 1.82) is 0 Å². The Labute approximate surface area is 115 Å². The third-order valence-corrected chi connectivity index (χ3v) is 4.11. The Hall–Kier alpha value is -2.48. The second kappa shape index (κ2) is 4.89. The van der Waals surface area contributed by atoms with E-state index >= 15 is 0 Å². The number of aryl methyl sites for hydroxylation is 1. The highest BCUT2D eigenvalue weighted by molar-refractivity contribution is 7.92. The first-order chi connectivity index (χ1) is 9.31. The summed E-state index contributed by atoms with van der Waals surface area (Å²) in [5, 5.41) is 18.4. The fourth-order valence-corrected chi connectivity index (χ4v) is 2.97. The van der Waals surface area contributed by atoms with E-state index in [1.807, 2.05) is 0 Å². The number of benzene rings is 1. The summed E-state index contributed by atoms with van der Waals surface area (Å²) in [6.07, 6.45) is 2.98. The molecule has 0 aliphatic heterocycles. The highest BCUT2D eigenvalue weighted by Crippen LogP contribution is 2.25. The summed E-state index contributed by atoms with van der Waals surface area (Å²) in [5.41, 5.74) is -0.226. The summed E-state index contributed by atoms with van der Waals surface area (Å²) in [7, 11) is -3.95. The van der Waals surface area contributed by atoms with Gasteiger partial charge in [0.2, 0.25) is 0 Å². The van der Waals surface area contributed by atoms with E-state index in [9.17, 15) is 18.3 Å². The Balaban J connectivity index is 2.51. The zero-order valence-corrected chi connectivity index (χ0v) is 11.3. The molecule has 0 saturated heterocycles. The second-order valence-electron chi connectivity index (χ2n) is 4.13. The van der Waals surface area contributed by atoms with Gasteiger partial charge in [-0.2, -0.15) is 8.42 Å². The third kappa shape index (κ3) is 2.59. The molecule has 0 radical (unpaired) electrons. The number of carboxylic acids is 1. The molecular weight excluding hydrogens is 284 g/mol. The van der Waals surface area contributed by atoms with E-state index in [1.54, 1.807) is 12.1 Å². The normalized spacial score (nSPS) is 11.2. The third-order valence-electron chi connectivity index (χ3n) is 2.64. The SMILES string of the molecule is Cc1cc(O)c(C(=O)O)cc1S(=O)(=O)Nn1cccc1.